The van der Waals surface area contributed by atoms with Crippen molar-refractivity contribution in [1.82, 2.24) is 9.97 Å². The van der Waals surface area contributed by atoms with Crippen LogP contribution in [0.4, 0.5) is 11.6 Å². The third kappa shape index (κ3) is 3.84. The Labute approximate surface area is 125 Å². The van der Waals surface area contributed by atoms with Gasteiger partial charge in [0.05, 0.1) is 7.11 Å². The lowest BCUT2D eigenvalue weighted by Gasteiger charge is -2.14. The number of hydrogen-bond acceptors (Lipinski definition) is 5. The van der Waals surface area contributed by atoms with Crippen molar-refractivity contribution in [3.05, 3.63) is 41.2 Å². The quantitative estimate of drug-likeness (QED) is 0.854. The maximum Gasteiger partial charge on any atom is 0.135 e. The SMILES string of the molecule is CCNc1nc(C)nc(NCc2cccc(OC)c2)c1C. The van der Waals surface area contributed by atoms with Gasteiger partial charge < -0.3 is 15.4 Å². The molecule has 0 atom stereocenters. The van der Waals surface area contributed by atoms with Crippen molar-refractivity contribution in [2.24, 2.45) is 0 Å². The Morgan fingerprint density at radius 2 is 1.81 bits per heavy atom. The zero-order valence-corrected chi connectivity index (χ0v) is 13.0. The number of nitrogens with zero attached hydrogens (tertiary/aromatic N) is 2. The largest absolute Gasteiger partial charge is 0.497 e. The van der Waals surface area contributed by atoms with E-state index >= 15 is 0 Å². The number of anilines is 2. The lowest BCUT2D eigenvalue weighted by molar-refractivity contribution is 0.414. The average Bonchev–Trinajstić information content (AvgIpc) is 2.49. The van der Waals surface area contributed by atoms with E-state index in [1.807, 2.05) is 32.0 Å². The molecule has 1 heterocycles. The van der Waals surface area contributed by atoms with Crippen LogP contribution in [0.1, 0.15) is 23.9 Å². The Morgan fingerprint density at radius 3 is 2.48 bits per heavy atom. The van der Waals surface area contributed by atoms with Gasteiger partial charge in [0.15, 0.2) is 0 Å². The lowest BCUT2D eigenvalue weighted by atomic mass is 10.2. The van der Waals surface area contributed by atoms with Crippen LogP contribution in [0.5, 0.6) is 5.75 Å². The van der Waals surface area contributed by atoms with Gasteiger partial charge in [-0.1, -0.05) is 12.1 Å². The molecule has 0 aliphatic rings. The Kier molecular flexibility index (Phi) is 4.98. The Balaban J connectivity index is 2.15. The highest BCUT2D eigenvalue weighted by molar-refractivity contribution is 5.57. The van der Waals surface area contributed by atoms with Crippen molar-refractivity contribution in [2.45, 2.75) is 27.3 Å². The number of aromatic nitrogens is 2. The summed E-state index contributed by atoms with van der Waals surface area (Å²) < 4.78 is 5.24. The van der Waals surface area contributed by atoms with Crippen molar-refractivity contribution in [3.8, 4) is 5.75 Å². The summed E-state index contributed by atoms with van der Waals surface area (Å²) >= 11 is 0. The molecule has 0 bridgehead atoms. The summed E-state index contributed by atoms with van der Waals surface area (Å²) in [6, 6.07) is 8.00. The lowest BCUT2D eigenvalue weighted by Crippen LogP contribution is -2.10. The first kappa shape index (κ1) is 15.1. The monoisotopic (exact) mass is 286 g/mol. The average molecular weight is 286 g/mol. The van der Waals surface area contributed by atoms with E-state index in [0.29, 0.717) is 6.54 Å². The van der Waals surface area contributed by atoms with Gasteiger partial charge in [0, 0.05) is 18.7 Å². The molecule has 0 radical (unpaired) electrons. The molecular weight excluding hydrogens is 264 g/mol. The summed E-state index contributed by atoms with van der Waals surface area (Å²) in [5.41, 5.74) is 2.18. The van der Waals surface area contributed by atoms with E-state index in [-0.39, 0.29) is 0 Å². The zero-order valence-electron chi connectivity index (χ0n) is 13.0. The summed E-state index contributed by atoms with van der Waals surface area (Å²) in [5, 5.41) is 6.64. The minimum atomic E-state index is 0.695. The van der Waals surface area contributed by atoms with Crippen LogP contribution in [0.15, 0.2) is 24.3 Å². The number of nitrogens with one attached hydrogen (secondary N) is 2. The van der Waals surface area contributed by atoms with Crippen LogP contribution < -0.4 is 15.4 Å². The summed E-state index contributed by atoms with van der Waals surface area (Å²) in [7, 11) is 1.67. The van der Waals surface area contributed by atoms with E-state index in [1.54, 1.807) is 7.11 Å². The van der Waals surface area contributed by atoms with Crippen LogP contribution in [0.2, 0.25) is 0 Å². The van der Waals surface area contributed by atoms with Crippen LogP contribution in [0.3, 0.4) is 0 Å². The molecule has 2 aromatic rings. The van der Waals surface area contributed by atoms with Gasteiger partial charge in [-0.2, -0.15) is 0 Å². The molecule has 0 fully saturated rings. The molecule has 0 aliphatic heterocycles. The molecule has 112 valence electrons. The van der Waals surface area contributed by atoms with Gasteiger partial charge in [-0.15, -0.1) is 0 Å². The Bertz CT molecular complexity index is 613. The molecule has 1 aromatic carbocycles. The molecule has 0 unspecified atom stereocenters. The molecule has 21 heavy (non-hydrogen) atoms. The molecule has 2 rings (SSSR count). The van der Waals surface area contributed by atoms with E-state index in [4.69, 9.17) is 4.74 Å². The first-order valence-electron chi connectivity index (χ1n) is 7.10. The van der Waals surface area contributed by atoms with Crippen LogP contribution in [-0.4, -0.2) is 23.6 Å². The molecule has 1 aromatic heterocycles. The first-order valence-corrected chi connectivity index (χ1v) is 7.10. The van der Waals surface area contributed by atoms with Gasteiger partial charge in [-0.3, -0.25) is 0 Å². The fourth-order valence-electron chi connectivity index (χ4n) is 2.11. The van der Waals surface area contributed by atoms with Gasteiger partial charge in [0.1, 0.15) is 23.2 Å². The maximum atomic E-state index is 5.24. The molecule has 0 saturated heterocycles. The predicted molar refractivity (Wildman–Crippen MR) is 86.0 cm³/mol. The highest BCUT2D eigenvalue weighted by atomic mass is 16.5. The highest BCUT2D eigenvalue weighted by Gasteiger charge is 2.08. The molecule has 0 amide bonds. The fraction of sp³-hybridized carbons (Fsp3) is 0.375. The molecular formula is C16H22N4O. The van der Waals surface area contributed by atoms with E-state index in [9.17, 15) is 0 Å². The van der Waals surface area contributed by atoms with E-state index in [1.165, 1.54) is 0 Å². The first-order chi connectivity index (χ1) is 10.1. The van der Waals surface area contributed by atoms with Crippen LogP contribution in [0, 0.1) is 13.8 Å². The van der Waals surface area contributed by atoms with Crippen LogP contribution >= 0.6 is 0 Å². The van der Waals surface area contributed by atoms with Crippen molar-refractivity contribution < 1.29 is 4.74 Å². The topological polar surface area (TPSA) is 59.1 Å². The second-order valence-corrected chi connectivity index (χ2v) is 4.83. The second kappa shape index (κ2) is 6.92. The second-order valence-electron chi connectivity index (χ2n) is 4.83. The van der Waals surface area contributed by atoms with E-state index in [2.05, 4.69) is 33.6 Å². The number of methoxy groups -OCH3 is 1. The fourth-order valence-corrected chi connectivity index (χ4v) is 2.11. The van der Waals surface area contributed by atoms with Crippen molar-refractivity contribution in [2.75, 3.05) is 24.3 Å². The predicted octanol–water partition coefficient (Wildman–Crippen LogP) is 3.15. The van der Waals surface area contributed by atoms with Crippen LogP contribution in [0.25, 0.3) is 0 Å². The van der Waals surface area contributed by atoms with E-state index in [0.717, 1.165) is 40.9 Å². The summed E-state index contributed by atoms with van der Waals surface area (Å²) in [6.45, 7) is 7.51. The minimum absolute atomic E-state index is 0.695. The highest BCUT2D eigenvalue weighted by Crippen LogP contribution is 2.21. The van der Waals surface area contributed by atoms with Crippen LogP contribution in [-0.2, 0) is 6.54 Å². The Hall–Kier alpha value is -2.30. The summed E-state index contributed by atoms with van der Waals surface area (Å²) in [4.78, 5) is 8.90. The number of benzene rings is 1. The van der Waals surface area contributed by atoms with Gasteiger partial charge >= 0.3 is 0 Å². The van der Waals surface area contributed by atoms with Crippen molar-refractivity contribution in [3.63, 3.8) is 0 Å². The zero-order chi connectivity index (χ0) is 15.2. The van der Waals surface area contributed by atoms with Gasteiger partial charge in [0.25, 0.3) is 0 Å². The molecule has 0 aliphatic carbocycles. The molecule has 2 N–H and O–H groups in total. The van der Waals surface area contributed by atoms with E-state index < -0.39 is 0 Å². The Morgan fingerprint density at radius 1 is 1.10 bits per heavy atom. The molecule has 5 heteroatoms. The van der Waals surface area contributed by atoms with Gasteiger partial charge in [-0.25, -0.2) is 9.97 Å². The number of hydrogen-bond donors (Lipinski definition) is 2. The molecule has 5 nitrogen and oxygen atoms in total. The minimum Gasteiger partial charge on any atom is -0.497 e. The van der Waals surface area contributed by atoms with Gasteiger partial charge in [0.2, 0.25) is 0 Å². The standard InChI is InChI=1S/C16H22N4O/c1-5-17-15-11(2)16(20-12(3)19-15)18-10-13-7-6-8-14(9-13)21-4/h6-9H,5,10H2,1-4H3,(H2,17,18,19,20). The molecule has 0 saturated carbocycles. The number of rotatable bonds is 6. The number of ether oxygens (including phenoxy) is 1. The summed E-state index contributed by atoms with van der Waals surface area (Å²) in [5.74, 6) is 3.36. The van der Waals surface area contributed by atoms with Crippen molar-refractivity contribution >= 4 is 11.6 Å². The third-order valence-corrected chi connectivity index (χ3v) is 3.20. The molecule has 0 spiro atoms. The third-order valence-electron chi connectivity index (χ3n) is 3.20. The van der Waals surface area contributed by atoms with Gasteiger partial charge in [-0.05, 0) is 38.5 Å². The van der Waals surface area contributed by atoms with Crippen molar-refractivity contribution in [1.29, 1.82) is 0 Å². The normalized spacial score (nSPS) is 10.3. The number of aryl methyl sites for hydroxylation is 1. The maximum absolute atomic E-state index is 5.24. The smallest absolute Gasteiger partial charge is 0.135 e. The summed E-state index contributed by atoms with van der Waals surface area (Å²) in [6.07, 6.45) is 0.